The fraction of sp³-hybridized carbons (Fsp3) is 0.722. The van der Waals surface area contributed by atoms with Crippen LogP contribution in [0.1, 0.15) is 64.0 Å². The third-order valence-corrected chi connectivity index (χ3v) is 5.58. The Bertz CT molecular complexity index is 455. The molecule has 1 aliphatic carbocycles. The number of rotatable bonds is 4. The van der Waals surface area contributed by atoms with Gasteiger partial charge in [-0.3, -0.25) is 0 Å². The van der Waals surface area contributed by atoms with Gasteiger partial charge < -0.3 is 10.2 Å². The summed E-state index contributed by atoms with van der Waals surface area (Å²) in [5.41, 5.74) is 2.03. The Kier molecular flexibility index (Phi) is 4.48. The lowest BCUT2D eigenvalue weighted by Crippen LogP contribution is -2.40. The van der Waals surface area contributed by atoms with Crippen LogP contribution in [-0.4, -0.2) is 24.6 Å². The summed E-state index contributed by atoms with van der Waals surface area (Å²) in [6.07, 6.45) is 10.5. The third-order valence-electron chi connectivity index (χ3n) is 5.58. The van der Waals surface area contributed by atoms with Crippen molar-refractivity contribution in [3.63, 3.8) is 0 Å². The van der Waals surface area contributed by atoms with Crippen LogP contribution in [0.5, 0.6) is 0 Å². The first-order valence-corrected chi connectivity index (χ1v) is 8.67. The molecule has 0 bridgehead atoms. The summed E-state index contributed by atoms with van der Waals surface area (Å²) in [5, 5.41) is 3.52. The van der Waals surface area contributed by atoms with E-state index in [-0.39, 0.29) is 0 Å². The predicted octanol–water partition coefficient (Wildman–Crippen LogP) is 3.91. The zero-order valence-electron chi connectivity index (χ0n) is 13.6. The van der Waals surface area contributed by atoms with Gasteiger partial charge in [0.25, 0.3) is 0 Å². The van der Waals surface area contributed by atoms with Crippen molar-refractivity contribution < 1.29 is 0 Å². The highest BCUT2D eigenvalue weighted by molar-refractivity contribution is 5.48. The highest BCUT2D eigenvalue weighted by atomic mass is 15.2. The zero-order valence-corrected chi connectivity index (χ0v) is 13.6. The minimum atomic E-state index is 0.376. The molecule has 1 aromatic rings. The van der Waals surface area contributed by atoms with Crippen LogP contribution >= 0.6 is 0 Å². The molecule has 3 heteroatoms. The SMILES string of the molecule is CCNC(C)c1cccnc1N1CCC2(CCCC2)CC1. The first kappa shape index (κ1) is 14.8. The molecule has 2 aliphatic rings. The standard InChI is InChI=1S/C18H29N3/c1-3-19-15(2)16-7-6-12-20-17(16)21-13-10-18(11-14-21)8-4-5-9-18/h6-7,12,15,19H,3-5,8-11,13-14H2,1-2H3. The Morgan fingerprint density at radius 2 is 1.95 bits per heavy atom. The van der Waals surface area contributed by atoms with Gasteiger partial charge in [0, 0.05) is 30.9 Å². The highest BCUT2D eigenvalue weighted by Crippen LogP contribution is 2.46. The quantitative estimate of drug-likeness (QED) is 0.910. The Labute approximate surface area is 129 Å². The molecule has 1 spiro atoms. The Morgan fingerprint density at radius 3 is 2.62 bits per heavy atom. The van der Waals surface area contributed by atoms with Gasteiger partial charge in [-0.1, -0.05) is 25.8 Å². The van der Waals surface area contributed by atoms with E-state index in [1.807, 2.05) is 6.20 Å². The maximum Gasteiger partial charge on any atom is 0.133 e. The smallest absolute Gasteiger partial charge is 0.133 e. The molecule has 3 nitrogen and oxygen atoms in total. The number of anilines is 1. The number of nitrogens with zero attached hydrogens (tertiary/aromatic N) is 2. The monoisotopic (exact) mass is 287 g/mol. The topological polar surface area (TPSA) is 28.2 Å². The predicted molar refractivity (Wildman–Crippen MR) is 88.7 cm³/mol. The van der Waals surface area contributed by atoms with Crippen LogP contribution in [0.2, 0.25) is 0 Å². The minimum absolute atomic E-state index is 0.376. The second-order valence-corrected chi connectivity index (χ2v) is 6.89. The van der Waals surface area contributed by atoms with Crippen molar-refractivity contribution in [2.75, 3.05) is 24.5 Å². The molecular formula is C18H29N3. The van der Waals surface area contributed by atoms with E-state index >= 15 is 0 Å². The summed E-state index contributed by atoms with van der Waals surface area (Å²) in [6, 6.07) is 4.67. The second kappa shape index (κ2) is 6.35. The number of aromatic nitrogens is 1. The van der Waals surface area contributed by atoms with E-state index in [0.717, 1.165) is 6.54 Å². The summed E-state index contributed by atoms with van der Waals surface area (Å²) >= 11 is 0. The van der Waals surface area contributed by atoms with Gasteiger partial charge in [0.2, 0.25) is 0 Å². The molecule has 1 atom stereocenters. The zero-order chi connectivity index (χ0) is 14.7. The molecule has 1 N–H and O–H groups in total. The van der Waals surface area contributed by atoms with Crippen LogP contribution in [0, 0.1) is 5.41 Å². The van der Waals surface area contributed by atoms with Gasteiger partial charge in [0.15, 0.2) is 0 Å². The number of hydrogen-bond acceptors (Lipinski definition) is 3. The first-order chi connectivity index (χ1) is 10.2. The molecule has 2 heterocycles. The van der Waals surface area contributed by atoms with Crippen LogP contribution < -0.4 is 10.2 Å². The largest absolute Gasteiger partial charge is 0.356 e. The molecule has 1 aromatic heterocycles. The summed E-state index contributed by atoms with van der Waals surface area (Å²) in [5.74, 6) is 1.21. The lowest BCUT2D eigenvalue weighted by atomic mass is 9.77. The van der Waals surface area contributed by atoms with Crippen molar-refractivity contribution in [1.82, 2.24) is 10.3 Å². The molecule has 0 aromatic carbocycles. The van der Waals surface area contributed by atoms with Gasteiger partial charge in [-0.25, -0.2) is 4.98 Å². The van der Waals surface area contributed by atoms with Gasteiger partial charge in [-0.2, -0.15) is 0 Å². The van der Waals surface area contributed by atoms with Gasteiger partial charge in [0.1, 0.15) is 5.82 Å². The summed E-state index contributed by atoms with van der Waals surface area (Å²) < 4.78 is 0. The average Bonchev–Trinajstić information content (AvgIpc) is 2.97. The molecule has 1 unspecified atom stereocenters. The maximum atomic E-state index is 4.71. The highest BCUT2D eigenvalue weighted by Gasteiger charge is 2.37. The molecule has 1 aliphatic heterocycles. The van der Waals surface area contributed by atoms with E-state index in [4.69, 9.17) is 4.98 Å². The number of hydrogen-bond donors (Lipinski definition) is 1. The molecule has 1 saturated carbocycles. The van der Waals surface area contributed by atoms with Crippen molar-refractivity contribution in [3.8, 4) is 0 Å². The summed E-state index contributed by atoms with van der Waals surface area (Å²) in [6.45, 7) is 7.77. The first-order valence-electron chi connectivity index (χ1n) is 8.67. The summed E-state index contributed by atoms with van der Waals surface area (Å²) in [4.78, 5) is 7.23. The average molecular weight is 287 g/mol. The Balaban J connectivity index is 1.73. The van der Waals surface area contributed by atoms with Crippen LogP contribution in [0.15, 0.2) is 18.3 Å². The van der Waals surface area contributed by atoms with Gasteiger partial charge >= 0.3 is 0 Å². The normalized spacial score (nSPS) is 22.7. The van der Waals surface area contributed by atoms with E-state index in [0.29, 0.717) is 11.5 Å². The fourth-order valence-corrected chi connectivity index (χ4v) is 4.25. The molecule has 116 valence electrons. The van der Waals surface area contributed by atoms with Crippen molar-refractivity contribution in [2.24, 2.45) is 5.41 Å². The number of nitrogens with one attached hydrogen (secondary N) is 1. The van der Waals surface area contributed by atoms with E-state index < -0.39 is 0 Å². The van der Waals surface area contributed by atoms with Crippen molar-refractivity contribution >= 4 is 5.82 Å². The van der Waals surface area contributed by atoms with Crippen LogP contribution in [0.4, 0.5) is 5.82 Å². The molecular weight excluding hydrogens is 258 g/mol. The third kappa shape index (κ3) is 3.08. The minimum Gasteiger partial charge on any atom is -0.356 e. The van der Waals surface area contributed by atoms with Crippen molar-refractivity contribution in [3.05, 3.63) is 23.9 Å². The van der Waals surface area contributed by atoms with Crippen molar-refractivity contribution in [1.29, 1.82) is 0 Å². The molecule has 21 heavy (non-hydrogen) atoms. The molecule has 0 amide bonds. The van der Waals surface area contributed by atoms with Gasteiger partial charge in [-0.05, 0) is 50.6 Å². The van der Waals surface area contributed by atoms with Crippen LogP contribution in [0.3, 0.4) is 0 Å². The number of pyridine rings is 1. The molecule has 2 fully saturated rings. The maximum absolute atomic E-state index is 4.71. The second-order valence-electron chi connectivity index (χ2n) is 6.89. The van der Waals surface area contributed by atoms with Gasteiger partial charge in [-0.15, -0.1) is 0 Å². The molecule has 3 rings (SSSR count). The van der Waals surface area contributed by atoms with Crippen LogP contribution in [-0.2, 0) is 0 Å². The number of piperidine rings is 1. The van der Waals surface area contributed by atoms with Crippen molar-refractivity contribution in [2.45, 2.75) is 58.4 Å². The van der Waals surface area contributed by atoms with Gasteiger partial charge in [0.05, 0.1) is 0 Å². The fourth-order valence-electron chi connectivity index (χ4n) is 4.25. The van der Waals surface area contributed by atoms with E-state index in [2.05, 4.69) is 36.2 Å². The Hall–Kier alpha value is -1.09. The van der Waals surface area contributed by atoms with E-state index in [9.17, 15) is 0 Å². The molecule has 1 saturated heterocycles. The lowest BCUT2D eigenvalue weighted by Gasteiger charge is -2.40. The summed E-state index contributed by atoms with van der Waals surface area (Å²) in [7, 11) is 0. The lowest BCUT2D eigenvalue weighted by molar-refractivity contribution is 0.226. The Morgan fingerprint density at radius 1 is 1.24 bits per heavy atom. The van der Waals surface area contributed by atoms with E-state index in [1.165, 1.54) is 63.0 Å². The van der Waals surface area contributed by atoms with Crippen LogP contribution in [0.25, 0.3) is 0 Å². The van der Waals surface area contributed by atoms with E-state index in [1.54, 1.807) is 0 Å². The molecule has 0 radical (unpaired) electrons.